The second kappa shape index (κ2) is 11.9. The number of imidazole rings is 1. The molecule has 1 aromatic heterocycles. The molecule has 0 N–H and O–H groups in total. The van der Waals surface area contributed by atoms with E-state index in [2.05, 4.69) is 4.98 Å². The molecule has 1 unspecified atom stereocenters. The molecule has 33 heavy (non-hydrogen) atoms. The average molecular weight is 530 g/mol. The van der Waals surface area contributed by atoms with Crippen molar-refractivity contribution in [2.24, 2.45) is 0 Å². The van der Waals surface area contributed by atoms with Crippen molar-refractivity contribution in [3.63, 3.8) is 0 Å². The van der Waals surface area contributed by atoms with Crippen LogP contribution >= 0.6 is 46.4 Å². The zero-order valence-electron chi connectivity index (χ0n) is 17.8. The first-order valence-electron chi connectivity index (χ1n) is 10.7. The van der Waals surface area contributed by atoms with Crippen molar-refractivity contribution < 1.29 is 14.2 Å². The Kier molecular flexibility index (Phi) is 8.94. The zero-order chi connectivity index (χ0) is 23.2. The lowest BCUT2D eigenvalue weighted by Crippen LogP contribution is -2.33. The van der Waals surface area contributed by atoms with Crippen LogP contribution in [0.1, 0.15) is 36.5 Å². The van der Waals surface area contributed by atoms with E-state index >= 15 is 0 Å². The van der Waals surface area contributed by atoms with Crippen molar-refractivity contribution in [3.05, 3.63) is 86.3 Å². The Morgan fingerprint density at radius 1 is 1.03 bits per heavy atom. The number of benzene rings is 2. The van der Waals surface area contributed by atoms with Crippen LogP contribution < -0.4 is 0 Å². The summed E-state index contributed by atoms with van der Waals surface area (Å²) in [5.74, 6) is 0. The molecule has 0 saturated carbocycles. The predicted octanol–water partition coefficient (Wildman–Crippen LogP) is 7.37. The highest BCUT2D eigenvalue weighted by Gasteiger charge is 2.25. The lowest BCUT2D eigenvalue weighted by Gasteiger charge is -2.31. The van der Waals surface area contributed by atoms with Crippen molar-refractivity contribution >= 4 is 46.4 Å². The van der Waals surface area contributed by atoms with E-state index in [9.17, 15) is 0 Å². The standard InChI is InChI=1S/C24H24Cl4N2O3/c25-17-5-4-16(21(27)10-17)13-32-24-3-1-2-19(33-24)14-31-23(12-30-9-8-29-15-30)20-7-6-18(26)11-22(20)28/h4-11,15,19,23-24H,1-3,12-14H2/t19-,23?,24-/m1/s1. The Bertz CT molecular complexity index is 1050. The molecule has 3 atom stereocenters. The summed E-state index contributed by atoms with van der Waals surface area (Å²) in [6, 6.07) is 10.8. The molecule has 0 spiro atoms. The van der Waals surface area contributed by atoms with Gasteiger partial charge in [0.25, 0.3) is 0 Å². The number of nitrogens with zero attached hydrogens (tertiary/aromatic N) is 2. The van der Waals surface area contributed by atoms with Gasteiger partial charge in [0.15, 0.2) is 6.29 Å². The molecule has 0 bridgehead atoms. The molecule has 2 heterocycles. The van der Waals surface area contributed by atoms with Crippen LogP contribution in [0.15, 0.2) is 55.1 Å². The Hall–Kier alpha value is -1.31. The number of rotatable bonds is 9. The van der Waals surface area contributed by atoms with Gasteiger partial charge in [-0.05, 0) is 49.1 Å². The van der Waals surface area contributed by atoms with Gasteiger partial charge >= 0.3 is 0 Å². The van der Waals surface area contributed by atoms with Gasteiger partial charge in [0.05, 0.1) is 32.2 Å². The van der Waals surface area contributed by atoms with Crippen molar-refractivity contribution in [2.45, 2.75) is 50.9 Å². The minimum atomic E-state index is -0.315. The zero-order valence-corrected chi connectivity index (χ0v) is 20.8. The topological polar surface area (TPSA) is 45.5 Å². The summed E-state index contributed by atoms with van der Waals surface area (Å²) in [6.45, 7) is 1.35. The molecule has 176 valence electrons. The average Bonchev–Trinajstić information content (AvgIpc) is 3.30. The van der Waals surface area contributed by atoms with Gasteiger partial charge in [-0.25, -0.2) is 4.98 Å². The van der Waals surface area contributed by atoms with E-state index in [4.69, 9.17) is 60.6 Å². The molecule has 1 saturated heterocycles. The van der Waals surface area contributed by atoms with E-state index in [-0.39, 0.29) is 18.5 Å². The highest BCUT2D eigenvalue weighted by atomic mass is 35.5. The molecule has 3 aromatic rings. The third-order valence-electron chi connectivity index (χ3n) is 5.48. The fourth-order valence-corrected chi connectivity index (χ4v) is 4.74. The van der Waals surface area contributed by atoms with E-state index in [1.807, 2.05) is 29.0 Å². The summed E-state index contributed by atoms with van der Waals surface area (Å²) in [4.78, 5) is 4.12. The fourth-order valence-electron chi connectivity index (χ4n) is 3.74. The molecule has 1 aliphatic rings. The number of ether oxygens (including phenoxy) is 3. The van der Waals surface area contributed by atoms with Crippen molar-refractivity contribution in [3.8, 4) is 0 Å². The number of hydrogen-bond acceptors (Lipinski definition) is 4. The Labute approximate surface area is 213 Å². The Morgan fingerprint density at radius 3 is 2.55 bits per heavy atom. The Morgan fingerprint density at radius 2 is 1.82 bits per heavy atom. The van der Waals surface area contributed by atoms with Crippen LogP contribution in [0.2, 0.25) is 20.1 Å². The third-order valence-corrected chi connectivity index (χ3v) is 6.63. The van der Waals surface area contributed by atoms with Crippen molar-refractivity contribution in [2.75, 3.05) is 6.61 Å². The van der Waals surface area contributed by atoms with Gasteiger partial charge in [-0.3, -0.25) is 0 Å². The van der Waals surface area contributed by atoms with Crippen LogP contribution in [0.25, 0.3) is 0 Å². The highest BCUT2D eigenvalue weighted by molar-refractivity contribution is 6.35. The molecule has 0 radical (unpaired) electrons. The van der Waals surface area contributed by atoms with Gasteiger partial charge in [-0.2, -0.15) is 0 Å². The first-order chi connectivity index (χ1) is 16.0. The van der Waals surface area contributed by atoms with Gasteiger partial charge in [-0.15, -0.1) is 0 Å². The van der Waals surface area contributed by atoms with Crippen molar-refractivity contribution in [1.29, 1.82) is 0 Å². The van der Waals surface area contributed by atoms with E-state index in [1.54, 1.807) is 30.7 Å². The first kappa shape index (κ1) is 24.8. The molecule has 2 aromatic carbocycles. The van der Waals surface area contributed by atoms with Crippen molar-refractivity contribution in [1.82, 2.24) is 9.55 Å². The second-order valence-corrected chi connectivity index (χ2v) is 9.60. The van der Waals surface area contributed by atoms with E-state index in [1.165, 1.54) is 0 Å². The smallest absolute Gasteiger partial charge is 0.158 e. The summed E-state index contributed by atoms with van der Waals surface area (Å²) < 4.78 is 20.4. The summed E-state index contributed by atoms with van der Waals surface area (Å²) in [7, 11) is 0. The quantitative estimate of drug-likeness (QED) is 0.290. The molecule has 1 aliphatic heterocycles. The number of hydrogen-bond donors (Lipinski definition) is 0. The minimum Gasteiger partial charge on any atom is -0.369 e. The summed E-state index contributed by atoms with van der Waals surface area (Å²) in [5.41, 5.74) is 1.75. The Balaban J connectivity index is 1.35. The van der Waals surface area contributed by atoms with E-state index < -0.39 is 0 Å². The van der Waals surface area contributed by atoms with Gasteiger partial charge in [0, 0.05) is 38.0 Å². The largest absolute Gasteiger partial charge is 0.369 e. The molecule has 5 nitrogen and oxygen atoms in total. The van der Waals surface area contributed by atoms with Crippen LogP contribution in [-0.2, 0) is 27.4 Å². The fraction of sp³-hybridized carbons (Fsp3) is 0.375. The molecule has 9 heteroatoms. The monoisotopic (exact) mass is 528 g/mol. The third kappa shape index (κ3) is 7.09. The molecular weight excluding hydrogens is 506 g/mol. The lowest BCUT2D eigenvalue weighted by molar-refractivity contribution is -0.213. The number of halogens is 4. The maximum atomic E-state index is 6.47. The van der Waals surface area contributed by atoms with Gasteiger partial charge < -0.3 is 18.8 Å². The van der Waals surface area contributed by atoms with E-state index in [0.29, 0.717) is 39.8 Å². The molecule has 0 aliphatic carbocycles. The van der Waals surface area contributed by atoms with Gasteiger partial charge in [0.2, 0.25) is 0 Å². The van der Waals surface area contributed by atoms with Crippen LogP contribution in [0.3, 0.4) is 0 Å². The lowest BCUT2D eigenvalue weighted by atomic mass is 10.1. The van der Waals surface area contributed by atoms with Gasteiger partial charge in [-0.1, -0.05) is 58.5 Å². The molecule has 0 amide bonds. The highest BCUT2D eigenvalue weighted by Crippen LogP contribution is 2.31. The van der Waals surface area contributed by atoms with Gasteiger partial charge in [0.1, 0.15) is 6.10 Å². The molecule has 4 rings (SSSR count). The van der Waals surface area contributed by atoms with E-state index in [0.717, 1.165) is 30.4 Å². The normalized spacial score (nSPS) is 19.5. The SMILES string of the molecule is Clc1ccc(CO[C@H]2CCC[C@H](COC(Cn3ccnc3)c3ccc(Cl)cc3Cl)O2)c(Cl)c1. The van der Waals surface area contributed by atoms with Crippen LogP contribution in [0.4, 0.5) is 0 Å². The van der Waals surface area contributed by atoms with Crippen LogP contribution in [0, 0.1) is 0 Å². The second-order valence-electron chi connectivity index (χ2n) is 7.91. The summed E-state index contributed by atoms with van der Waals surface area (Å²) in [5, 5.41) is 2.33. The summed E-state index contributed by atoms with van der Waals surface area (Å²) in [6.07, 6.45) is 7.41. The maximum absolute atomic E-state index is 6.47. The molecule has 1 fully saturated rings. The molecular formula is C24H24Cl4N2O3. The predicted molar refractivity (Wildman–Crippen MR) is 131 cm³/mol. The minimum absolute atomic E-state index is 0.0826. The summed E-state index contributed by atoms with van der Waals surface area (Å²) >= 11 is 24.8. The van der Waals surface area contributed by atoms with Crippen LogP contribution in [0.5, 0.6) is 0 Å². The van der Waals surface area contributed by atoms with Crippen LogP contribution in [-0.4, -0.2) is 28.6 Å². The number of aromatic nitrogens is 2. The maximum Gasteiger partial charge on any atom is 0.158 e. The first-order valence-corrected chi connectivity index (χ1v) is 12.2.